The lowest BCUT2D eigenvalue weighted by Gasteiger charge is -2.31. The fourth-order valence-corrected chi connectivity index (χ4v) is 11.7. The highest BCUT2D eigenvalue weighted by molar-refractivity contribution is 7.90. The van der Waals surface area contributed by atoms with E-state index < -0.39 is 73.7 Å². The molecular weight excluding hydrogens is 754 g/mol. The summed E-state index contributed by atoms with van der Waals surface area (Å²) in [5, 5.41) is 0.0997. The topological polar surface area (TPSA) is 158 Å². The first-order valence-electron chi connectivity index (χ1n) is 21.1. The molecule has 0 spiro atoms. The maximum absolute atomic E-state index is 14.9. The van der Waals surface area contributed by atoms with Gasteiger partial charge in [0.05, 0.1) is 41.0 Å². The second-order valence-corrected chi connectivity index (χ2v) is 19.6. The van der Waals surface area contributed by atoms with E-state index in [2.05, 4.69) is 11.3 Å². The van der Waals surface area contributed by atoms with E-state index in [-0.39, 0.29) is 67.3 Å². The quantitative estimate of drug-likeness (QED) is 0.260. The summed E-state index contributed by atoms with van der Waals surface area (Å²) >= 11 is 0. The molecule has 1 aromatic heterocycles. The van der Waals surface area contributed by atoms with Crippen LogP contribution < -0.4 is 15.0 Å². The van der Waals surface area contributed by atoms with Crippen molar-refractivity contribution in [2.45, 2.75) is 139 Å². The van der Waals surface area contributed by atoms with Crippen molar-refractivity contribution in [3.8, 4) is 5.88 Å². The van der Waals surface area contributed by atoms with Gasteiger partial charge in [0.1, 0.15) is 18.0 Å². The number of sulfonamides is 1. The van der Waals surface area contributed by atoms with Crippen LogP contribution in [0.1, 0.15) is 109 Å². The number of aromatic nitrogens is 1. The Labute approximate surface area is 332 Å². The molecular formula is C43H54FN3O9S. The summed E-state index contributed by atoms with van der Waals surface area (Å²) in [6.45, 7) is 4.15. The lowest BCUT2D eigenvalue weighted by Crippen LogP contribution is -2.47. The number of Topliss-reactive ketones (excluding diaryl/α,β-unsaturated/α-hetero) is 1. The van der Waals surface area contributed by atoms with Crippen LogP contribution in [0.25, 0.3) is 10.8 Å². The van der Waals surface area contributed by atoms with Crippen LogP contribution in [0.15, 0.2) is 41.7 Å². The van der Waals surface area contributed by atoms with Crippen molar-refractivity contribution in [2.75, 3.05) is 6.54 Å². The Bertz CT molecular complexity index is 2110. The summed E-state index contributed by atoms with van der Waals surface area (Å²) in [6.07, 6.45) is 10.8. The number of rotatable bonds is 8. The number of nitrogens with zero attached hydrogens (tertiary/aromatic N) is 2. The molecule has 6 aliphatic rings. The van der Waals surface area contributed by atoms with E-state index in [1.165, 1.54) is 27.7 Å². The predicted octanol–water partition coefficient (Wildman–Crippen LogP) is 5.73. The van der Waals surface area contributed by atoms with Crippen LogP contribution in [-0.2, 0) is 40.5 Å². The van der Waals surface area contributed by atoms with Crippen molar-refractivity contribution in [3.63, 3.8) is 0 Å². The molecule has 7 atom stereocenters. The third kappa shape index (κ3) is 8.16. The minimum atomic E-state index is -3.88. The molecule has 1 saturated heterocycles. The number of pyridine rings is 1. The highest BCUT2D eigenvalue weighted by Gasteiger charge is 2.61. The number of hydrogen-bond acceptors (Lipinski definition) is 9. The van der Waals surface area contributed by atoms with Gasteiger partial charge in [-0.1, -0.05) is 37.8 Å². The van der Waals surface area contributed by atoms with Crippen LogP contribution in [-0.4, -0.2) is 71.5 Å². The van der Waals surface area contributed by atoms with Crippen LogP contribution in [0.4, 0.5) is 4.39 Å². The minimum absolute atomic E-state index is 0.00596. The molecule has 3 heterocycles. The van der Waals surface area contributed by atoms with Crippen molar-refractivity contribution in [2.24, 2.45) is 29.1 Å². The lowest BCUT2D eigenvalue weighted by atomic mass is 9.86. The lowest BCUT2D eigenvalue weighted by molar-refractivity contribution is -0.156. The van der Waals surface area contributed by atoms with Crippen molar-refractivity contribution < 1.29 is 41.5 Å². The third-order valence-electron chi connectivity index (χ3n) is 13.8. The number of benzene rings is 1. The van der Waals surface area contributed by atoms with E-state index in [1.807, 2.05) is 0 Å². The normalized spacial score (nSPS) is 31.4. The maximum Gasteiger partial charge on any atom is 0.306 e. The van der Waals surface area contributed by atoms with Crippen molar-refractivity contribution in [3.05, 3.63) is 53.1 Å². The van der Waals surface area contributed by atoms with E-state index in [0.29, 0.717) is 31.2 Å². The first-order chi connectivity index (χ1) is 27.4. The Hall–Kier alpha value is -4.07. The number of ether oxygens (including phenoxy) is 2. The average Bonchev–Trinajstić information content (AvgIpc) is 3.97. The van der Waals surface area contributed by atoms with Gasteiger partial charge in [0.15, 0.2) is 11.7 Å². The van der Waals surface area contributed by atoms with E-state index >= 15 is 0 Å². The zero-order chi connectivity index (χ0) is 40.1. The van der Waals surface area contributed by atoms with Gasteiger partial charge in [-0.3, -0.25) is 33.3 Å². The number of halogens is 1. The molecule has 57 heavy (non-hydrogen) atoms. The molecule has 5 fully saturated rings. The Balaban J connectivity index is 1.14. The molecule has 1 N–H and O–H groups in total. The molecule has 8 rings (SSSR count). The Morgan fingerprint density at radius 2 is 1.67 bits per heavy atom. The number of allylic oxidation sites excluding steroid dienone is 1. The standard InChI is InChI=1S/C43H54FN3O9S/c1-2-29-23-43(29,42(52)45-57(53,54)32-16-17-32)24-36(48)35-21-31-25-47(35)41(51)34(26-9-5-6-10-26)22-39(49)56-37-13-8-12-27(37)11-4-3-7-18-46-38(55-31)19-28-14-15-30(44)20-33(28)40(46)50/h2,14-15,19-20,26-27,29,31-32,34-35,37H,1,3-13,16-18,21-25H2,(H,45,52)/t27-,29-,31-,34+,35+,37-,43-/m1/s1. The van der Waals surface area contributed by atoms with Gasteiger partial charge in [0.2, 0.25) is 21.8 Å². The number of ketones is 1. The van der Waals surface area contributed by atoms with Crippen molar-refractivity contribution in [1.82, 2.24) is 14.2 Å². The molecule has 4 saturated carbocycles. The maximum atomic E-state index is 14.9. The van der Waals surface area contributed by atoms with Crippen LogP contribution in [0.5, 0.6) is 5.88 Å². The summed E-state index contributed by atoms with van der Waals surface area (Å²) in [6, 6.07) is 4.71. The Morgan fingerprint density at radius 1 is 0.930 bits per heavy atom. The van der Waals surface area contributed by atoms with Crippen LogP contribution in [0.2, 0.25) is 0 Å². The minimum Gasteiger partial charge on any atom is -0.473 e. The average molecular weight is 808 g/mol. The van der Waals surface area contributed by atoms with E-state index in [1.54, 1.807) is 12.1 Å². The molecule has 12 nitrogen and oxygen atoms in total. The molecule has 0 unspecified atom stereocenters. The number of carbonyl (C=O) groups is 4. The molecule has 14 heteroatoms. The Kier molecular flexibility index (Phi) is 11.1. The van der Waals surface area contributed by atoms with E-state index in [4.69, 9.17) is 9.47 Å². The first-order valence-corrected chi connectivity index (χ1v) is 22.6. The largest absolute Gasteiger partial charge is 0.473 e. The number of carbonyl (C=O) groups excluding carboxylic acids is 4. The predicted molar refractivity (Wildman–Crippen MR) is 209 cm³/mol. The second-order valence-electron chi connectivity index (χ2n) is 17.6. The molecule has 2 bridgehead atoms. The Morgan fingerprint density at radius 3 is 2.40 bits per heavy atom. The summed E-state index contributed by atoms with van der Waals surface area (Å²) in [4.78, 5) is 72.4. The zero-order valence-electron chi connectivity index (χ0n) is 32.5. The molecule has 308 valence electrons. The monoisotopic (exact) mass is 807 g/mol. The smallest absolute Gasteiger partial charge is 0.306 e. The van der Waals surface area contributed by atoms with Crippen molar-refractivity contribution in [1.29, 1.82) is 0 Å². The van der Waals surface area contributed by atoms with Gasteiger partial charge >= 0.3 is 5.97 Å². The van der Waals surface area contributed by atoms with E-state index in [9.17, 15) is 36.8 Å². The second kappa shape index (κ2) is 15.9. The third-order valence-corrected chi connectivity index (χ3v) is 15.6. The number of amides is 2. The van der Waals surface area contributed by atoms with Gasteiger partial charge in [-0.25, -0.2) is 12.8 Å². The van der Waals surface area contributed by atoms with Crippen molar-refractivity contribution >= 4 is 44.4 Å². The van der Waals surface area contributed by atoms with Crippen LogP contribution >= 0.6 is 0 Å². The van der Waals surface area contributed by atoms with E-state index in [0.717, 1.165) is 64.2 Å². The molecule has 1 aromatic carbocycles. The molecule has 4 aliphatic carbocycles. The van der Waals surface area contributed by atoms with Crippen LogP contribution in [0.3, 0.4) is 0 Å². The number of hydrogen-bond donors (Lipinski definition) is 1. The summed E-state index contributed by atoms with van der Waals surface area (Å²) < 4.78 is 56.5. The fourth-order valence-electron chi connectivity index (χ4n) is 10.3. The number of nitrogens with one attached hydrogen (secondary N) is 1. The van der Waals surface area contributed by atoms with Gasteiger partial charge in [-0.15, -0.1) is 6.58 Å². The van der Waals surface area contributed by atoms with Crippen LogP contribution in [0, 0.1) is 34.9 Å². The number of fused-ring (bicyclic) bond motifs is 5. The highest BCUT2D eigenvalue weighted by atomic mass is 32.2. The van der Waals surface area contributed by atoms with Gasteiger partial charge in [-0.2, -0.15) is 0 Å². The summed E-state index contributed by atoms with van der Waals surface area (Å²) in [5.74, 6) is -3.15. The molecule has 2 amide bonds. The molecule has 2 aromatic rings. The summed E-state index contributed by atoms with van der Waals surface area (Å²) in [7, 11) is -3.88. The number of esters is 1. The van der Waals surface area contributed by atoms with Gasteiger partial charge < -0.3 is 14.4 Å². The van der Waals surface area contributed by atoms with Gasteiger partial charge in [0.25, 0.3) is 5.56 Å². The van der Waals surface area contributed by atoms with Gasteiger partial charge in [-0.05, 0) is 99.5 Å². The zero-order valence-corrected chi connectivity index (χ0v) is 33.3. The highest BCUT2D eigenvalue weighted by Crippen LogP contribution is 2.57. The first kappa shape index (κ1) is 39.7. The molecule has 0 radical (unpaired) electrons. The SMILES string of the molecule is C=C[C@@H]1C[C@]1(CC(=O)[C@@H]1C[C@@H]2CN1C(=O)[C@H](C1CCCC1)CC(=O)O[C@@H]1CCC[C@H]1CCCCCn1c(cc3ccc(F)cc3c1=O)O2)C(=O)NS(=O)(=O)C1CC1. The molecule has 2 aliphatic heterocycles. The van der Waals surface area contributed by atoms with Gasteiger partial charge in [0, 0.05) is 25.5 Å². The fraction of sp³-hybridized carbons (Fsp3) is 0.651. The summed E-state index contributed by atoms with van der Waals surface area (Å²) in [5.41, 5.74) is -1.71.